The Morgan fingerprint density at radius 3 is 2.50 bits per heavy atom. The van der Waals surface area contributed by atoms with Crippen molar-refractivity contribution >= 4 is 21.6 Å². The molecule has 1 aromatic carbocycles. The average molecular weight is 187 g/mol. The van der Waals surface area contributed by atoms with Crippen LogP contribution in [0.4, 0.5) is 11.4 Å². The van der Waals surface area contributed by atoms with Crippen LogP contribution in [0, 0.1) is 0 Å². The third-order valence-electron chi connectivity index (χ3n) is 1.15. The monoisotopic (exact) mass is 187 g/mol. The first-order valence-corrected chi connectivity index (χ1v) is 4.68. The fourth-order valence-corrected chi connectivity index (χ4v) is 1.22. The number of nitrogens with two attached hydrogens (primary N) is 2. The maximum absolute atomic E-state index is 10.5. The molecule has 0 unspecified atom stereocenters. The van der Waals surface area contributed by atoms with Gasteiger partial charge in [0.25, 0.3) is 10.2 Å². The highest BCUT2D eigenvalue weighted by molar-refractivity contribution is 7.90. The van der Waals surface area contributed by atoms with E-state index in [1.165, 1.54) is 6.07 Å². The zero-order chi connectivity index (χ0) is 9.19. The molecule has 12 heavy (non-hydrogen) atoms. The van der Waals surface area contributed by atoms with Crippen LogP contribution in [-0.2, 0) is 10.2 Å². The highest BCUT2D eigenvalue weighted by atomic mass is 32.2. The van der Waals surface area contributed by atoms with E-state index in [0.29, 0.717) is 11.4 Å². The summed E-state index contributed by atoms with van der Waals surface area (Å²) in [5.74, 6) is 0. The zero-order valence-electron chi connectivity index (χ0n) is 6.19. The van der Waals surface area contributed by atoms with Gasteiger partial charge in [-0.3, -0.25) is 4.72 Å². The highest BCUT2D eigenvalue weighted by Gasteiger charge is 2.00. The number of nitrogen functional groups attached to an aromatic ring is 1. The molecule has 0 saturated heterocycles. The summed E-state index contributed by atoms with van der Waals surface area (Å²) in [6, 6.07) is 6.31. The number of hydrogen-bond acceptors (Lipinski definition) is 3. The van der Waals surface area contributed by atoms with Gasteiger partial charge in [0.2, 0.25) is 0 Å². The Bertz CT molecular complexity index is 374. The molecule has 0 radical (unpaired) electrons. The summed E-state index contributed by atoms with van der Waals surface area (Å²) in [7, 11) is -3.70. The van der Waals surface area contributed by atoms with Crippen LogP contribution in [0.5, 0.6) is 0 Å². The van der Waals surface area contributed by atoms with Gasteiger partial charge in [-0.1, -0.05) is 6.07 Å². The van der Waals surface area contributed by atoms with Crippen LogP contribution >= 0.6 is 0 Å². The SMILES string of the molecule is Nc1cccc(NS(N)(=O)=O)c1. The first-order chi connectivity index (χ1) is 5.47. The van der Waals surface area contributed by atoms with Crippen LogP contribution in [0.25, 0.3) is 0 Å². The minimum Gasteiger partial charge on any atom is -0.399 e. The Kier molecular flexibility index (Phi) is 2.20. The largest absolute Gasteiger partial charge is 0.399 e. The molecule has 0 saturated carbocycles. The first-order valence-electron chi connectivity index (χ1n) is 3.13. The molecule has 0 fully saturated rings. The van der Waals surface area contributed by atoms with Crippen LogP contribution in [0.3, 0.4) is 0 Å². The molecule has 0 atom stereocenters. The second-order valence-electron chi connectivity index (χ2n) is 2.27. The Morgan fingerprint density at radius 1 is 1.33 bits per heavy atom. The summed E-state index contributed by atoms with van der Waals surface area (Å²) in [6.07, 6.45) is 0. The van der Waals surface area contributed by atoms with Crippen molar-refractivity contribution in [3.8, 4) is 0 Å². The lowest BCUT2D eigenvalue weighted by atomic mass is 10.3. The lowest BCUT2D eigenvalue weighted by Crippen LogP contribution is -2.21. The van der Waals surface area contributed by atoms with Gasteiger partial charge in [-0.2, -0.15) is 8.42 Å². The number of hydrogen-bond donors (Lipinski definition) is 3. The predicted molar refractivity (Wildman–Crippen MR) is 47.6 cm³/mol. The van der Waals surface area contributed by atoms with E-state index in [-0.39, 0.29) is 0 Å². The summed E-state index contributed by atoms with van der Waals surface area (Å²) in [5, 5.41) is 4.74. The quantitative estimate of drug-likeness (QED) is 0.563. The van der Waals surface area contributed by atoms with Crippen molar-refractivity contribution in [3.05, 3.63) is 24.3 Å². The third-order valence-corrected chi connectivity index (χ3v) is 1.67. The van der Waals surface area contributed by atoms with E-state index in [1.807, 2.05) is 0 Å². The Morgan fingerprint density at radius 2 is 2.00 bits per heavy atom. The Balaban J connectivity index is 2.91. The van der Waals surface area contributed by atoms with Crippen molar-refractivity contribution in [1.29, 1.82) is 0 Å². The number of rotatable bonds is 2. The lowest BCUT2D eigenvalue weighted by molar-refractivity contribution is 0.603. The summed E-state index contributed by atoms with van der Waals surface area (Å²) < 4.78 is 23.2. The maximum Gasteiger partial charge on any atom is 0.296 e. The summed E-state index contributed by atoms with van der Waals surface area (Å²) in [5.41, 5.74) is 6.24. The van der Waals surface area contributed by atoms with Crippen molar-refractivity contribution < 1.29 is 8.42 Å². The molecule has 0 aromatic heterocycles. The fourth-order valence-electron chi connectivity index (χ4n) is 0.766. The molecule has 0 heterocycles. The first kappa shape index (κ1) is 8.82. The van der Waals surface area contributed by atoms with Crippen LogP contribution in [0.15, 0.2) is 24.3 Å². The van der Waals surface area contributed by atoms with Crippen LogP contribution in [-0.4, -0.2) is 8.42 Å². The molecule has 1 aromatic rings. The molecule has 0 aliphatic rings. The van der Waals surface area contributed by atoms with Crippen LogP contribution in [0.2, 0.25) is 0 Å². The number of anilines is 2. The molecular weight excluding hydrogens is 178 g/mol. The zero-order valence-corrected chi connectivity index (χ0v) is 7.01. The second kappa shape index (κ2) is 3.00. The van der Waals surface area contributed by atoms with Gasteiger partial charge in [-0.25, -0.2) is 5.14 Å². The van der Waals surface area contributed by atoms with E-state index in [0.717, 1.165) is 0 Å². The third kappa shape index (κ3) is 2.77. The van der Waals surface area contributed by atoms with Gasteiger partial charge in [0.1, 0.15) is 0 Å². The molecular formula is C6H9N3O2S. The van der Waals surface area contributed by atoms with Gasteiger partial charge in [0.05, 0.1) is 5.69 Å². The van der Waals surface area contributed by atoms with Crippen LogP contribution < -0.4 is 15.6 Å². The molecule has 6 heteroatoms. The summed E-state index contributed by atoms with van der Waals surface area (Å²) in [6.45, 7) is 0. The highest BCUT2D eigenvalue weighted by Crippen LogP contribution is 2.11. The predicted octanol–water partition coefficient (Wildman–Crippen LogP) is -0.116. The van der Waals surface area contributed by atoms with Gasteiger partial charge in [0.15, 0.2) is 0 Å². The molecule has 0 aliphatic carbocycles. The van der Waals surface area contributed by atoms with E-state index in [1.54, 1.807) is 18.2 Å². The van der Waals surface area contributed by atoms with Crippen molar-refractivity contribution in [1.82, 2.24) is 0 Å². The number of benzene rings is 1. The van der Waals surface area contributed by atoms with E-state index in [4.69, 9.17) is 10.9 Å². The van der Waals surface area contributed by atoms with Gasteiger partial charge in [-0.15, -0.1) is 0 Å². The Hall–Kier alpha value is -1.27. The van der Waals surface area contributed by atoms with E-state index >= 15 is 0 Å². The van der Waals surface area contributed by atoms with Gasteiger partial charge >= 0.3 is 0 Å². The molecule has 1 rings (SSSR count). The van der Waals surface area contributed by atoms with Gasteiger partial charge in [0, 0.05) is 5.69 Å². The molecule has 5 nitrogen and oxygen atoms in total. The average Bonchev–Trinajstić information content (AvgIpc) is 1.82. The van der Waals surface area contributed by atoms with Crippen molar-refractivity contribution in [2.45, 2.75) is 0 Å². The van der Waals surface area contributed by atoms with E-state index in [9.17, 15) is 8.42 Å². The van der Waals surface area contributed by atoms with E-state index in [2.05, 4.69) is 4.72 Å². The van der Waals surface area contributed by atoms with Gasteiger partial charge in [-0.05, 0) is 18.2 Å². The van der Waals surface area contributed by atoms with Crippen molar-refractivity contribution in [3.63, 3.8) is 0 Å². The fraction of sp³-hybridized carbons (Fsp3) is 0. The molecule has 5 N–H and O–H groups in total. The van der Waals surface area contributed by atoms with Gasteiger partial charge < -0.3 is 5.73 Å². The molecule has 0 aliphatic heterocycles. The van der Waals surface area contributed by atoms with Crippen molar-refractivity contribution in [2.75, 3.05) is 10.5 Å². The van der Waals surface area contributed by atoms with E-state index < -0.39 is 10.2 Å². The molecule has 0 bridgehead atoms. The smallest absolute Gasteiger partial charge is 0.296 e. The molecule has 0 amide bonds. The number of nitrogens with one attached hydrogen (secondary N) is 1. The topological polar surface area (TPSA) is 98.2 Å². The summed E-state index contributed by atoms with van der Waals surface area (Å²) in [4.78, 5) is 0. The van der Waals surface area contributed by atoms with Crippen molar-refractivity contribution in [2.24, 2.45) is 5.14 Å². The Labute approximate surface area is 70.6 Å². The molecule has 0 spiro atoms. The summed E-state index contributed by atoms with van der Waals surface area (Å²) >= 11 is 0. The second-order valence-corrected chi connectivity index (χ2v) is 3.57. The van der Waals surface area contributed by atoms with Crippen LogP contribution in [0.1, 0.15) is 0 Å². The maximum atomic E-state index is 10.5. The molecule has 66 valence electrons. The minimum absolute atomic E-state index is 0.359. The minimum atomic E-state index is -3.70. The normalized spacial score (nSPS) is 11.1. The standard InChI is InChI=1S/C6H9N3O2S/c7-5-2-1-3-6(4-5)9-12(8,10)11/h1-4,9H,7H2,(H2,8,10,11). The lowest BCUT2D eigenvalue weighted by Gasteiger charge is -2.02.